The fraction of sp³-hybridized carbons (Fsp3) is 0.462. The van der Waals surface area contributed by atoms with Crippen LogP contribution in [0.4, 0.5) is 5.69 Å². The molecule has 1 fully saturated rings. The number of rotatable bonds is 3. The molecule has 1 unspecified atom stereocenters. The number of amides is 1. The molecule has 1 aromatic rings. The lowest BCUT2D eigenvalue weighted by Gasteiger charge is -2.24. The minimum atomic E-state index is 0.224. The van der Waals surface area contributed by atoms with Gasteiger partial charge in [-0.25, -0.2) is 0 Å². The third kappa shape index (κ3) is 2.09. The van der Waals surface area contributed by atoms with E-state index in [2.05, 4.69) is 0 Å². The van der Waals surface area contributed by atoms with Crippen LogP contribution in [-0.4, -0.2) is 18.5 Å². The summed E-state index contributed by atoms with van der Waals surface area (Å²) in [4.78, 5) is 13.7. The third-order valence-corrected chi connectivity index (χ3v) is 3.14. The van der Waals surface area contributed by atoms with E-state index in [1.54, 1.807) is 0 Å². The van der Waals surface area contributed by atoms with Gasteiger partial charge in [0.1, 0.15) is 0 Å². The summed E-state index contributed by atoms with van der Waals surface area (Å²) < 4.78 is 0. The van der Waals surface area contributed by atoms with Crippen LogP contribution in [0.3, 0.4) is 0 Å². The Hall–Kier alpha value is -1.35. The summed E-state index contributed by atoms with van der Waals surface area (Å²) in [5.74, 6) is 0.224. The van der Waals surface area contributed by atoms with E-state index in [1.807, 2.05) is 36.1 Å². The Balaban J connectivity index is 2.22. The van der Waals surface area contributed by atoms with Crippen LogP contribution in [-0.2, 0) is 4.79 Å². The molecule has 0 aliphatic carbocycles. The average Bonchev–Trinajstić information content (AvgIpc) is 2.62. The molecule has 0 aromatic heterocycles. The van der Waals surface area contributed by atoms with Crippen molar-refractivity contribution in [2.24, 2.45) is 5.73 Å². The Morgan fingerprint density at radius 2 is 2.06 bits per heavy atom. The van der Waals surface area contributed by atoms with E-state index in [0.717, 1.165) is 18.5 Å². The van der Waals surface area contributed by atoms with Gasteiger partial charge in [0.25, 0.3) is 0 Å². The van der Waals surface area contributed by atoms with Gasteiger partial charge in [0.15, 0.2) is 0 Å². The quantitative estimate of drug-likeness (QED) is 0.841. The lowest BCUT2D eigenvalue weighted by Crippen LogP contribution is -2.34. The second-order valence-electron chi connectivity index (χ2n) is 4.37. The Labute approximate surface area is 96.2 Å². The number of aryl methyl sites for hydroxylation is 1. The van der Waals surface area contributed by atoms with Gasteiger partial charge in [0.05, 0.1) is 0 Å². The van der Waals surface area contributed by atoms with Crippen molar-refractivity contribution in [3.8, 4) is 0 Å². The lowest BCUT2D eigenvalue weighted by atomic mass is 10.1. The molecule has 1 amide bonds. The summed E-state index contributed by atoms with van der Waals surface area (Å²) in [6, 6.07) is 8.41. The van der Waals surface area contributed by atoms with E-state index < -0.39 is 0 Å². The predicted octanol–water partition coefficient (Wildman–Crippen LogP) is 1.84. The fourth-order valence-electron chi connectivity index (χ4n) is 2.27. The zero-order chi connectivity index (χ0) is 11.5. The normalized spacial score (nSPS) is 20.5. The number of benzene rings is 1. The monoisotopic (exact) mass is 218 g/mol. The lowest BCUT2D eigenvalue weighted by molar-refractivity contribution is -0.117. The molecule has 16 heavy (non-hydrogen) atoms. The molecule has 0 spiro atoms. The molecule has 3 nitrogen and oxygen atoms in total. The summed E-state index contributed by atoms with van der Waals surface area (Å²) in [6.45, 7) is 2.69. The molecule has 0 radical (unpaired) electrons. The van der Waals surface area contributed by atoms with Crippen molar-refractivity contribution in [3.63, 3.8) is 0 Å². The molecular formula is C13H18N2O. The van der Waals surface area contributed by atoms with E-state index in [-0.39, 0.29) is 5.91 Å². The maximum atomic E-state index is 11.8. The Bertz CT molecular complexity index is 372. The Kier molecular flexibility index (Phi) is 3.25. The highest BCUT2D eigenvalue weighted by atomic mass is 16.2. The first kappa shape index (κ1) is 11.1. The van der Waals surface area contributed by atoms with Crippen LogP contribution >= 0.6 is 0 Å². The number of anilines is 1. The van der Waals surface area contributed by atoms with Crippen molar-refractivity contribution in [2.45, 2.75) is 32.2 Å². The first-order valence-electron chi connectivity index (χ1n) is 5.81. The molecular weight excluding hydrogens is 200 g/mol. The molecule has 1 atom stereocenters. The summed E-state index contributed by atoms with van der Waals surface area (Å²) in [6.07, 6.45) is 2.47. The molecule has 0 saturated carbocycles. The highest BCUT2D eigenvalue weighted by Crippen LogP contribution is 2.28. The van der Waals surface area contributed by atoms with E-state index in [4.69, 9.17) is 5.73 Å². The molecule has 1 aromatic carbocycles. The van der Waals surface area contributed by atoms with Gasteiger partial charge in [-0.2, -0.15) is 0 Å². The zero-order valence-electron chi connectivity index (χ0n) is 9.65. The molecule has 1 heterocycles. The predicted molar refractivity (Wildman–Crippen MR) is 65.4 cm³/mol. The van der Waals surface area contributed by atoms with Crippen molar-refractivity contribution < 1.29 is 4.79 Å². The minimum Gasteiger partial charge on any atom is -0.330 e. The Morgan fingerprint density at radius 1 is 1.38 bits per heavy atom. The van der Waals surface area contributed by atoms with E-state index in [1.165, 1.54) is 5.56 Å². The van der Waals surface area contributed by atoms with Gasteiger partial charge < -0.3 is 10.6 Å². The van der Waals surface area contributed by atoms with Crippen LogP contribution in [0.1, 0.15) is 24.8 Å². The second-order valence-corrected chi connectivity index (χ2v) is 4.37. The smallest absolute Gasteiger partial charge is 0.227 e. The molecule has 1 saturated heterocycles. The summed E-state index contributed by atoms with van der Waals surface area (Å²) in [5.41, 5.74) is 7.80. The molecule has 3 heteroatoms. The first-order valence-corrected chi connectivity index (χ1v) is 5.81. The minimum absolute atomic E-state index is 0.224. The molecule has 1 aliphatic rings. The summed E-state index contributed by atoms with van der Waals surface area (Å²) >= 11 is 0. The van der Waals surface area contributed by atoms with Gasteiger partial charge in [-0.15, -0.1) is 0 Å². The van der Waals surface area contributed by atoms with Gasteiger partial charge in [-0.1, -0.05) is 17.7 Å². The molecule has 2 rings (SSSR count). The van der Waals surface area contributed by atoms with Gasteiger partial charge in [-0.05, 0) is 38.4 Å². The number of hydrogen-bond donors (Lipinski definition) is 1. The standard InChI is InChI=1S/C13H18N2O/c1-10-2-4-11(5-3-10)15-12(8-9-14)6-7-13(15)16/h2-5,12H,6-9,14H2,1H3. The van der Waals surface area contributed by atoms with Crippen molar-refractivity contribution in [1.82, 2.24) is 0 Å². The topological polar surface area (TPSA) is 46.3 Å². The average molecular weight is 218 g/mol. The molecule has 86 valence electrons. The van der Waals surface area contributed by atoms with Gasteiger partial charge in [0.2, 0.25) is 5.91 Å². The van der Waals surface area contributed by atoms with Gasteiger partial charge in [0, 0.05) is 18.2 Å². The molecule has 0 bridgehead atoms. The van der Waals surface area contributed by atoms with Gasteiger partial charge in [-0.3, -0.25) is 4.79 Å². The van der Waals surface area contributed by atoms with Gasteiger partial charge >= 0.3 is 0 Å². The Morgan fingerprint density at radius 3 is 2.69 bits per heavy atom. The van der Waals surface area contributed by atoms with E-state index >= 15 is 0 Å². The van der Waals surface area contributed by atoms with Crippen LogP contribution in [0.15, 0.2) is 24.3 Å². The van der Waals surface area contributed by atoms with Crippen molar-refractivity contribution in [3.05, 3.63) is 29.8 Å². The number of carbonyl (C=O) groups excluding carboxylic acids is 1. The van der Waals surface area contributed by atoms with Crippen LogP contribution in [0.5, 0.6) is 0 Å². The highest BCUT2D eigenvalue weighted by Gasteiger charge is 2.31. The zero-order valence-corrected chi connectivity index (χ0v) is 9.65. The van der Waals surface area contributed by atoms with Crippen LogP contribution < -0.4 is 10.6 Å². The fourth-order valence-corrected chi connectivity index (χ4v) is 2.27. The molecule has 1 aliphatic heterocycles. The summed E-state index contributed by atoms with van der Waals surface area (Å²) in [5, 5.41) is 0. The van der Waals surface area contributed by atoms with Crippen molar-refractivity contribution in [2.75, 3.05) is 11.4 Å². The number of nitrogens with zero attached hydrogens (tertiary/aromatic N) is 1. The largest absolute Gasteiger partial charge is 0.330 e. The SMILES string of the molecule is Cc1ccc(N2C(=O)CCC2CCN)cc1. The first-order chi connectivity index (χ1) is 7.72. The van der Waals surface area contributed by atoms with Crippen LogP contribution in [0, 0.1) is 6.92 Å². The number of carbonyl (C=O) groups is 1. The second kappa shape index (κ2) is 4.66. The van der Waals surface area contributed by atoms with E-state index in [9.17, 15) is 4.79 Å². The van der Waals surface area contributed by atoms with Crippen molar-refractivity contribution >= 4 is 11.6 Å². The van der Waals surface area contributed by atoms with Crippen LogP contribution in [0.25, 0.3) is 0 Å². The maximum Gasteiger partial charge on any atom is 0.227 e. The maximum absolute atomic E-state index is 11.8. The highest BCUT2D eigenvalue weighted by molar-refractivity contribution is 5.96. The third-order valence-electron chi connectivity index (χ3n) is 3.14. The van der Waals surface area contributed by atoms with Crippen LogP contribution in [0.2, 0.25) is 0 Å². The number of nitrogens with two attached hydrogens (primary N) is 1. The number of hydrogen-bond acceptors (Lipinski definition) is 2. The summed E-state index contributed by atoms with van der Waals surface area (Å²) in [7, 11) is 0. The van der Waals surface area contributed by atoms with Crippen molar-refractivity contribution in [1.29, 1.82) is 0 Å². The molecule has 2 N–H and O–H groups in total. The van der Waals surface area contributed by atoms with E-state index in [0.29, 0.717) is 19.0 Å².